The molecular formula is C11H18N2O2. The summed E-state index contributed by atoms with van der Waals surface area (Å²) < 4.78 is 1.79. The minimum atomic E-state index is -0.900. The van der Waals surface area contributed by atoms with Crippen LogP contribution in [0.2, 0.25) is 0 Å². The number of hydrogen-bond donors (Lipinski definition) is 1. The summed E-state index contributed by atoms with van der Waals surface area (Å²) in [6.07, 6.45) is 3.62. The van der Waals surface area contributed by atoms with Crippen molar-refractivity contribution in [2.24, 2.45) is 5.92 Å². The molecule has 84 valence electrons. The first-order chi connectivity index (χ1) is 7.10. The topological polar surface area (TPSA) is 55.1 Å². The molecule has 0 bridgehead atoms. The van der Waals surface area contributed by atoms with Crippen molar-refractivity contribution in [2.45, 2.75) is 40.2 Å². The van der Waals surface area contributed by atoms with E-state index in [9.17, 15) is 4.79 Å². The highest BCUT2D eigenvalue weighted by Gasteiger charge is 2.14. The molecule has 0 fully saturated rings. The predicted octanol–water partition coefficient (Wildman–Crippen LogP) is 2.33. The maximum Gasteiger partial charge on any atom is 0.339 e. The maximum atomic E-state index is 10.8. The van der Waals surface area contributed by atoms with Crippen LogP contribution >= 0.6 is 0 Å². The van der Waals surface area contributed by atoms with Crippen LogP contribution in [0.5, 0.6) is 0 Å². The third-order valence-corrected chi connectivity index (χ3v) is 2.92. The van der Waals surface area contributed by atoms with Crippen LogP contribution in [0.25, 0.3) is 0 Å². The van der Waals surface area contributed by atoms with Gasteiger partial charge in [0, 0.05) is 12.2 Å². The van der Waals surface area contributed by atoms with Gasteiger partial charge in [-0.1, -0.05) is 26.7 Å². The highest BCUT2D eigenvalue weighted by molar-refractivity contribution is 5.88. The van der Waals surface area contributed by atoms with Crippen molar-refractivity contribution in [1.29, 1.82) is 0 Å². The molecule has 0 aliphatic heterocycles. The van der Waals surface area contributed by atoms with Crippen LogP contribution < -0.4 is 0 Å². The van der Waals surface area contributed by atoms with Crippen LogP contribution in [0.4, 0.5) is 0 Å². The van der Waals surface area contributed by atoms with Crippen molar-refractivity contribution < 1.29 is 9.90 Å². The van der Waals surface area contributed by atoms with Gasteiger partial charge in [-0.15, -0.1) is 0 Å². The van der Waals surface area contributed by atoms with E-state index < -0.39 is 5.97 Å². The lowest BCUT2D eigenvalue weighted by molar-refractivity contribution is 0.0696. The van der Waals surface area contributed by atoms with Crippen LogP contribution in [0.1, 0.15) is 42.7 Å². The Balaban J connectivity index is 2.82. The van der Waals surface area contributed by atoms with E-state index in [1.54, 1.807) is 11.6 Å². The molecule has 1 aromatic heterocycles. The van der Waals surface area contributed by atoms with E-state index in [1.165, 1.54) is 6.20 Å². The second-order valence-corrected chi connectivity index (χ2v) is 3.81. The summed E-state index contributed by atoms with van der Waals surface area (Å²) in [4.78, 5) is 10.8. The molecule has 0 atom stereocenters. The predicted molar refractivity (Wildman–Crippen MR) is 58.0 cm³/mol. The third-order valence-electron chi connectivity index (χ3n) is 2.92. The maximum absolute atomic E-state index is 10.8. The Morgan fingerprint density at radius 3 is 2.53 bits per heavy atom. The summed E-state index contributed by atoms with van der Waals surface area (Å²) in [6, 6.07) is 0. The van der Waals surface area contributed by atoms with Crippen molar-refractivity contribution in [1.82, 2.24) is 9.78 Å². The first kappa shape index (κ1) is 11.8. The summed E-state index contributed by atoms with van der Waals surface area (Å²) in [5, 5.41) is 13.0. The molecule has 0 aromatic carbocycles. The Morgan fingerprint density at radius 2 is 2.13 bits per heavy atom. The van der Waals surface area contributed by atoms with Crippen LogP contribution in [-0.2, 0) is 6.54 Å². The fourth-order valence-electron chi connectivity index (χ4n) is 1.63. The van der Waals surface area contributed by atoms with Crippen LogP contribution in [-0.4, -0.2) is 20.9 Å². The molecule has 0 aliphatic rings. The van der Waals surface area contributed by atoms with Crippen LogP contribution in [0.15, 0.2) is 6.20 Å². The van der Waals surface area contributed by atoms with Gasteiger partial charge >= 0.3 is 5.97 Å². The van der Waals surface area contributed by atoms with Gasteiger partial charge in [0.15, 0.2) is 0 Å². The van der Waals surface area contributed by atoms with Crippen molar-refractivity contribution in [3.8, 4) is 0 Å². The van der Waals surface area contributed by atoms with Gasteiger partial charge in [0.05, 0.1) is 6.20 Å². The lowest BCUT2D eigenvalue weighted by Crippen LogP contribution is -2.12. The van der Waals surface area contributed by atoms with Crippen molar-refractivity contribution in [3.05, 3.63) is 17.5 Å². The van der Waals surface area contributed by atoms with E-state index >= 15 is 0 Å². The number of carboxylic acid groups (broad SMARTS) is 1. The summed E-state index contributed by atoms with van der Waals surface area (Å²) in [7, 11) is 0. The number of carbonyl (C=O) groups is 1. The van der Waals surface area contributed by atoms with Gasteiger partial charge in [-0.25, -0.2) is 4.79 Å². The molecule has 4 nitrogen and oxygen atoms in total. The molecule has 0 unspecified atom stereocenters. The Labute approximate surface area is 89.9 Å². The molecule has 1 N–H and O–H groups in total. The van der Waals surface area contributed by atoms with Crippen molar-refractivity contribution in [2.75, 3.05) is 0 Å². The van der Waals surface area contributed by atoms with Gasteiger partial charge in [-0.05, 0) is 12.8 Å². The highest BCUT2D eigenvalue weighted by Crippen LogP contribution is 2.14. The van der Waals surface area contributed by atoms with Crippen molar-refractivity contribution >= 4 is 5.97 Å². The van der Waals surface area contributed by atoms with Gasteiger partial charge in [0.1, 0.15) is 5.56 Å². The molecule has 0 radical (unpaired) electrons. The standard InChI is InChI=1S/C11H18N2O2/c1-4-9(5-2)7-13-8(3)10(6-12-13)11(14)15/h6,9H,4-5,7H2,1-3H3,(H,14,15). The third kappa shape index (κ3) is 2.58. The molecule has 1 heterocycles. The molecule has 0 spiro atoms. The van der Waals surface area contributed by atoms with E-state index in [2.05, 4.69) is 18.9 Å². The van der Waals surface area contributed by atoms with Crippen LogP contribution in [0, 0.1) is 12.8 Å². The quantitative estimate of drug-likeness (QED) is 0.811. The number of aromatic carboxylic acids is 1. The molecule has 0 saturated heterocycles. The second kappa shape index (κ2) is 4.96. The molecule has 1 aromatic rings. The van der Waals surface area contributed by atoms with E-state index in [1.807, 2.05) is 0 Å². The van der Waals surface area contributed by atoms with E-state index in [0.29, 0.717) is 11.5 Å². The number of hydrogen-bond acceptors (Lipinski definition) is 2. The summed E-state index contributed by atoms with van der Waals surface area (Å²) in [5.74, 6) is -0.325. The summed E-state index contributed by atoms with van der Waals surface area (Å²) >= 11 is 0. The number of rotatable bonds is 5. The van der Waals surface area contributed by atoms with E-state index in [-0.39, 0.29) is 0 Å². The fourth-order valence-corrected chi connectivity index (χ4v) is 1.63. The molecule has 4 heteroatoms. The first-order valence-corrected chi connectivity index (χ1v) is 5.35. The molecule has 15 heavy (non-hydrogen) atoms. The van der Waals surface area contributed by atoms with E-state index in [0.717, 1.165) is 25.1 Å². The highest BCUT2D eigenvalue weighted by atomic mass is 16.4. The Hall–Kier alpha value is -1.32. The smallest absolute Gasteiger partial charge is 0.339 e. The van der Waals surface area contributed by atoms with Gasteiger partial charge < -0.3 is 5.11 Å². The first-order valence-electron chi connectivity index (χ1n) is 5.35. The normalized spacial score (nSPS) is 10.9. The molecule has 0 amide bonds. The minimum Gasteiger partial charge on any atom is -0.478 e. The lowest BCUT2D eigenvalue weighted by Gasteiger charge is -2.13. The van der Waals surface area contributed by atoms with Gasteiger partial charge in [0.25, 0.3) is 0 Å². The fraction of sp³-hybridized carbons (Fsp3) is 0.636. The lowest BCUT2D eigenvalue weighted by atomic mass is 10.0. The zero-order valence-electron chi connectivity index (χ0n) is 9.53. The second-order valence-electron chi connectivity index (χ2n) is 3.81. The van der Waals surface area contributed by atoms with Crippen molar-refractivity contribution in [3.63, 3.8) is 0 Å². The van der Waals surface area contributed by atoms with E-state index in [4.69, 9.17) is 5.11 Å². The zero-order valence-corrected chi connectivity index (χ0v) is 9.53. The Bertz CT molecular complexity index is 340. The summed E-state index contributed by atoms with van der Waals surface area (Å²) in [5.41, 5.74) is 1.05. The zero-order chi connectivity index (χ0) is 11.4. The average Bonchev–Trinajstić information content (AvgIpc) is 2.56. The number of carboxylic acids is 1. The average molecular weight is 210 g/mol. The largest absolute Gasteiger partial charge is 0.478 e. The monoisotopic (exact) mass is 210 g/mol. The number of aromatic nitrogens is 2. The molecule has 0 saturated carbocycles. The Morgan fingerprint density at radius 1 is 1.53 bits per heavy atom. The van der Waals surface area contributed by atoms with Gasteiger partial charge in [0.2, 0.25) is 0 Å². The van der Waals surface area contributed by atoms with Gasteiger partial charge in [-0.3, -0.25) is 4.68 Å². The van der Waals surface area contributed by atoms with Crippen LogP contribution in [0.3, 0.4) is 0 Å². The Kier molecular flexibility index (Phi) is 3.88. The molecular weight excluding hydrogens is 192 g/mol. The molecule has 0 aliphatic carbocycles. The number of nitrogens with zero attached hydrogens (tertiary/aromatic N) is 2. The SMILES string of the molecule is CCC(CC)Cn1ncc(C(=O)O)c1C. The van der Waals surface area contributed by atoms with Gasteiger partial charge in [-0.2, -0.15) is 5.10 Å². The summed E-state index contributed by atoms with van der Waals surface area (Å²) in [6.45, 7) is 6.90. The molecule has 1 rings (SSSR count). The minimum absolute atomic E-state index is 0.306.